The lowest BCUT2D eigenvalue weighted by Crippen LogP contribution is -2.16. The fourth-order valence-electron chi connectivity index (χ4n) is 8.43. The van der Waals surface area contributed by atoms with E-state index < -0.39 is 0 Å². The molecule has 252 valence electrons. The number of anilines is 3. The highest BCUT2D eigenvalue weighted by Gasteiger charge is 2.35. The number of aromatic nitrogens is 2. The number of hydrogen-bond donors (Lipinski definition) is 0. The highest BCUT2D eigenvalue weighted by Crippen LogP contribution is 2.50. The van der Waals surface area contributed by atoms with E-state index >= 15 is 0 Å². The number of pyridine rings is 1. The summed E-state index contributed by atoms with van der Waals surface area (Å²) in [4.78, 5) is 7.05. The summed E-state index contributed by atoms with van der Waals surface area (Å²) < 4.78 is 2.37. The molecule has 0 bridgehead atoms. The Kier molecular flexibility index (Phi) is 7.16. The van der Waals surface area contributed by atoms with E-state index in [-0.39, 0.29) is 5.41 Å². The van der Waals surface area contributed by atoms with Gasteiger partial charge < -0.3 is 9.47 Å². The van der Waals surface area contributed by atoms with Crippen LogP contribution in [0.1, 0.15) is 25.0 Å². The molecular formula is C50H37N3. The lowest BCUT2D eigenvalue weighted by Gasteiger charge is -2.28. The van der Waals surface area contributed by atoms with Crippen LogP contribution in [0.5, 0.6) is 0 Å². The van der Waals surface area contributed by atoms with Gasteiger partial charge in [-0.25, -0.2) is 0 Å². The molecule has 10 rings (SSSR count). The largest absolute Gasteiger partial charge is 0.310 e. The maximum atomic E-state index is 4.67. The molecule has 0 amide bonds. The zero-order valence-electron chi connectivity index (χ0n) is 29.7. The molecule has 53 heavy (non-hydrogen) atoms. The van der Waals surface area contributed by atoms with Gasteiger partial charge in [-0.05, 0) is 112 Å². The number of nitrogens with zero attached hydrogens (tertiary/aromatic N) is 3. The third kappa shape index (κ3) is 5.08. The van der Waals surface area contributed by atoms with Gasteiger partial charge in [-0.15, -0.1) is 0 Å². The van der Waals surface area contributed by atoms with E-state index in [4.69, 9.17) is 0 Å². The lowest BCUT2D eigenvalue weighted by molar-refractivity contribution is 0.660. The van der Waals surface area contributed by atoms with E-state index in [2.05, 4.69) is 198 Å². The summed E-state index contributed by atoms with van der Waals surface area (Å²) >= 11 is 0. The van der Waals surface area contributed by atoms with Gasteiger partial charge >= 0.3 is 0 Å². The Labute approximate surface area is 310 Å². The van der Waals surface area contributed by atoms with Gasteiger partial charge in [0.25, 0.3) is 0 Å². The minimum atomic E-state index is -0.102. The fraction of sp³-hybridized carbons (Fsp3) is 0.0600. The van der Waals surface area contributed by atoms with Crippen LogP contribution in [0.3, 0.4) is 0 Å². The molecule has 0 radical (unpaired) electrons. The van der Waals surface area contributed by atoms with Crippen molar-refractivity contribution >= 4 is 38.9 Å². The average molecular weight is 680 g/mol. The first-order chi connectivity index (χ1) is 26.0. The van der Waals surface area contributed by atoms with Crippen molar-refractivity contribution in [2.45, 2.75) is 19.3 Å². The van der Waals surface area contributed by atoms with Crippen LogP contribution in [0.2, 0.25) is 0 Å². The molecule has 0 unspecified atom stereocenters. The summed E-state index contributed by atoms with van der Waals surface area (Å²) in [6.45, 7) is 4.69. The van der Waals surface area contributed by atoms with Gasteiger partial charge in [0.1, 0.15) is 0 Å². The van der Waals surface area contributed by atoms with Gasteiger partial charge in [-0.3, -0.25) is 4.98 Å². The molecule has 3 heteroatoms. The first-order valence-electron chi connectivity index (χ1n) is 18.3. The zero-order chi connectivity index (χ0) is 35.5. The second-order valence-electron chi connectivity index (χ2n) is 14.5. The summed E-state index contributed by atoms with van der Waals surface area (Å²) in [5.74, 6) is 0. The smallest absolute Gasteiger partial charge is 0.0702 e. The average Bonchev–Trinajstić information content (AvgIpc) is 3.67. The summed E-state index contributed by atoms with van der Waals surface area (Å²) in [7, 11) is 0. The number of hydrogen-bond acceptors (Lipinski definition) is 2. The van der Waals surface area contributed by atoms with E-state index in [1.54, 1.807) is 0 Å². The van der Waals surface area contributed by atoms with Gasteiger partial charge in [0, 0.05) is 50.7 Å². The van der Waals surface area contributed by atoms with Gasteiger partial charge in [0.15, 0.2) is 0 Å². The summed E-state index contributed by atoms with van der Waals surface area (Å²) in [5, 5.41) is 2.51. The molecule has 0 saturated heterocycles. The maximum absolute atomic E-state index is 4.67. The molecule has 0 aliphatic heterocycles. The molecule has 1 aliphatic rings. The molecule has 1 aliphatic carbocycles. The normalized spacial score (nSPS) is 12.9. The summed E-state index contributed by atoms with van der Waals surface area (Å²) in [6.07, 6.45) is 1.86. The Bertz CT molecular complexity index is 2790. The highest BCUT2D eigenvalue weighted by atomic mass is 15.1. The number of fused-ring (bicyclic) bond motifs is 6. The number of benzene rings is 7. The molecule has 2 heterocycles. The topological polar surface area (TPSA) is 21.1 Å². The quantitative estimate of drug-likeness (QED) is 0.174. The van der Waals surface area contributed by atoms with Crippen molar-refractivity contribution in [2.24, 2.45) is 0 Å². The zero-order valence-corrected chi connectivity index (χ0v) is 29.7. The Morgan fingerprint density at radius 1 is 0.453 bits per heavy atom. The van der Waals surface area contributed by atoms with Crippen molar-refractivity contribution in [2.75, 3.05) is 4.90 Å². The van der Waals surface area contributed by atoms with Crippen LogP contribution >= 0.6 is 0 Å². The Morgan fingerprint density at radius 3 is 2.00 bits per heavy atom. The Balaban J connectivity index is 1.09. The van der Waals surface area contributed by atoms with Crippen LogP contribution in [0.4, 0.5) is 17.1 Å². The second-order valence-corrected chi connectivity index (χ2v) is 14.5. The first-order valence-corrected chi connectivity index (χ1v) is 18.3. The van der Waals surface area contributed by atoms with E-state index in [0.717, 1.165) is 28.3 Å². The maximum Gasteiger partial charge on any atom is 0.0702 e. The van der Waals surface area contributed by atoms with Gasteiger partial charge in [-0.1, -0.05) is 117 Å². The lowest BCUT2D eigenvalue weighted by atomic mass is 9.82. The molecular weight excluding hydrogens is 643 g/mol. The van der Waals surface area contributed by atoms with Crippen molar-refractivity contribution in [3.63, 3.8) is 0 Å². The van der Waals surface area contributed by atoms with E-state index in [9.17, 15) is 0 Å². The highest BCUT2D eigenvalue weighted by molar-refractivity contribution is 6.10. The predicted molar refractivity (Wildman–Crippen MR) is 222 cm³/mol. The molecule has 0 saturated carbocycles. The van der Waals surface area contributed by atoms with Crippen molar-refractivity contribution in [1.29, 1.82) is 0 Å². The fourth-order valence-corrected chi connectivity index (χ4v) is 8.43. The van der Waals surface area contributed by atoms with Crippen LogP contribution < -0.4 is 4.90 Å². The van der Waals surface area contributed by atoms with Gasteiger partial charge in [-0.2, -0.15) is 0 Å². The molecule has 9 aromatic rings. The Morgan fingerprint density at radius 2 is 1.15 bits per heavy atom. The standard InChI is InChI=1S/C50H37N3/c1-50(2)45-19-8-6-17-41(45)42-28-27-40(33-46(42)50)52(39-16-12-13-36(31-39)47-20-10-11-30-51-47)38-25-22-34(23-26-38)35-24-29-49-44(32-35)43-18-7-9-21-48(43)53(49)37-14-4-3-5-15-37/h3-33H,1-2H3. The minimum Gasteiger partial charge on any atom is -0.310 e. The third-order valence-corrected chi connectivity index (χ3v) is 11.0. The van der Waals surface area contributed by atoms with Crippen molar-refractivity contribution in [1.82, 2.24) is 9.55 Å². The predicted octanol–water partition coefficient (Wildman–Crippen LogP) is 13.3. The molecule has 0 atom stereocenters. The Hall–Kier alpha value is -6.71. The monoisotopic (exact) mass is 679 g/mol. The molecule has 3 nitrogen and oxygen atoms in total. The van der Waals surface area contributed by atoms with Crippen molar-refractivity contribution in [3.8, 4) is 39.2 Å². The van der Waals surface area contributed by atoms with Gasteiger partial charge in [0.05, 0.1) is 16.7 Å². The minimum absolute atomic E-state index is 0.102. The van der Waals surface area contributed by atoms with Gasteiger partial charge in [0.2, 0.25) is 0 Å². The summed E-state index contributed by atoms with van der Waals surface area (Å²) in [6, 6.07) is 65.9. The number of para-hydroxylation sites is 2. The van der Waals surface area contributed by atoms with Crippen LogP contribution in [0.15, 0.2) is 188 Å². The third-order valence-electron chi connectivity index (χ3n) is 11.0. The van der Waals surface area contributed by atoms with E-state index in [1.807, 2.05) is 18.3 Å². The summed E-state index contributed by atoms with van der Waals surface area (Å²) in [5.41, 5.74) is 16.6. The van der Waals surface area contributed by atoms with Crippen LogP contribution in [0.25, 0.3) is 61.0 Å². The van der Waals surface area contributed by atoms with Crippen LogP contribution in [0, 0.1) is 0 Å². The second kappa shape index (κ2) is 12.2. The van der Waals surface area contributed by atoms with Crippen LogP contribution in [-0.4, -0.2) is 9.55 Å². The van der Waals surface area contributed by atoms with Crippen LogP contribution in [-0.2, 0) is 5.41 Å². The van der Waals surface area contributed by atoms with Crippen molar-refractivity contribution < 1.29 is 0 Å². The van der Waals surface area contributed by atoms with Crippen molar-refractivity contribution in [3.05, 3.63) is 199 Å². The first kappa shape index (κ1) is 31.1. The molecule has 0 fully saturated rings. The molecule has 0 spiro atoms. The molecule has 0 N–H and O–H groups in total. The molecule has 2 aromatic heterocycles. The van der Waals surface area contributed by atoms with E-state index in [0.29, 0.717) is 0 Å². The SMILES string of the molecule is CC1(C)c2ccccc2-c2ccc(N(c3ccc(-c4ccc5c(c4)c4ccccc4n5-c4ccccc4)cc3)c3cccc(-c4ccccn4)c3)cc21. The van der Waals surface area contributed by atoms with E-state index in [1.165, 1.54) is 60.9 Å². The number of rotatable bonds is 6. The molecule has 7 aromatic carbocycles.